The quantitative estimate of drug-likeness (QED) is 0.282. The second-order valence-electron chi connectivity index (χ2n) is 13.0. The summed E-state index contributed by atoms with van der Waals surface area (Å²) in [5.41, 5.74) is 4.03. The number of ether oxygens (including phenoxy) is 2. The smallest absolute Gasteiger partial charge is 0.323 e. The zero-order chi connectivity index (χ0) is 32.8. The topological polar surface area (TPSA) is 131 Å². The molecule has 1 aromatic carbocycles. The molecule has 3 saturated heterocycles. The van der Waals surface area contributed by atoms with Gasteiger partial charge >= 0.3 is 6.03 Å². The predicted octanol–water partition coefficient (Wildman–Crippen LogP) is 5.22. The summed E-state index contributed by atoms with van der Waals surface area (Å²) < 4.78 is 13.8. The van der Waals surface area contributed by atoms with Crippen LogP contribution in [0.1, 0.15) is 48.0 Å². The number of anilines is 3. The number of nitrogens with zero attached hydrogens (tertiary/aromatic N) is 5. The van der Waals surface area contributed by atoms with Gasteiger partial charge < -0.3 is 34.5 Å². The Morgan fingerprint density at radius 2 is 1.77 bits per heavy atom. The van der Waals surface area contributed by atoms with Gasteiger partial charge in [0.05, 0.1) is 42.7 Å². The number of piperidine rings is 2. The van der Waals surface area contributed by atoms with Gasteiger partial charge in [-0.25, -0.2) is 9.78 Å². The fourth-order valence-corrected chi connectivity index (χ4v) is 7.60. The number of rotatable bonds is 5. The van der Waals surface area contributed by atoms with Crippen LogP contribution in [0.5, 0.6) is 5.75 Å². The molecule has 2 N–H and O–H groups in total. The first-order valence-electron chi connectivity index (χ1n) is 16.6. The van der Waals surface area contributed by atoms with Crippen LogP contribution < -0.4 is 20.3 Å². The molecular weight excluding hydrogens is 610 g/mol. The predicted molar refractivity (Wildman–Crippen MR) is 181 cm³/mol. The van der Waals surface area contributed by atoms with Crippen LogP contribution in [-0.2, 0) is 16.6 Å². The highest BCUT2D eigenvalue weighted by Crippen LogP contribution is 2.38. The normalized spacial score (nSPS) is 21.7. The molecule has 3 amide bonds. The number of hydrogen-bond acceptors (Lipinski definition) is 8. The summed E-state index contributed by atoms with van der Waals surface area (Å²) in [6, 6.07) is 10.5. The first-order chi connectivity index (χ1) is 23.4. The number of fused-ring (bicyclic) bond motifs is 4. The van der Waals surface area contributed by atoms with E-state index in [1.807, 2.05) is 30.1 Å². The van der Waals surface area contributed by atoms with Crippen molar-refractivity contribution in [3.8, 4) is 5.75 Å². The fraction of sp³-hybridized carbons (Fsp3) is 0.361. The van der Waals surface area contributed by atoms with Crippen LogP contribution in [0.2, 0.25) is 0 Å². The summed E-state index contributed by atoms with van der Waals surface area (Å²) in [5, 5.41) is 6.41. The van der Waals surface area contributed by atoms with E-state index in [0.717, 1.165) is 61.1 Å². The minimum Gasteiger partial charge on any atom is -0.452 e. The number of carbonyl (C=O) groups excluding carboxylic acids is 3. The van der Waals surface area contributed by atoms with Crippen LogP contribution in [0, 0.1) is 5.92 Å². The fourth-order valence-electron chi connectivity index (χ4n) is 7.60. The van der Waals surface area contributed by atoms with Gasteiger partial charge in [-0.1, -0.05) is 0 Å². The highest BCUT2D eigenvalue weighted by atomic mass is 16.5. The first-order valence-corrected chi connectivity index (χ1v) is 16.6. The third kappa shape index (κ3) is 5.55. The molecule has 3 aromatic heterocycles. The number of ketones is 1. The maximum absolute atomic E-state index is 13.7. The van der Waals surface area contributed by atoms with E-state index in [1.54, 1.807) is 48.8 Å². The molecule has 246 valence electrons. The Bertz CT molecular complexity index is 1910. The zero-order valence-corrected chi connectivity index (χ0v) is 26.7. The van der Waals surface area contributed by atoms with Crippen molar-refractivity contribution in [2.24, 2.45) is 13.0 Å². The van der Waals surface area contributed by atoms with Crippen LogP contribution >= 0.6 is 0 Å². The summed E-state index contributed by atoms with van der Waals surface area (Å²) in [6.45, 7) is 2.82. The van der Waals surface area contributed by atoms with Crippen LogP contribution in [0.15, 0.2) is 66.9 Å². The Balaban J connectivity index is 0.994. The lowest BCUT2D eigenvalue weighted by atomic mass is 9.89. The Hall–Kier alpha value is -5.23. The van der Waals surface area contributed by atoms with Crippen molar-refractivity contribution in [2.75, 3.05) is 41.8 Å². The number of amides is 3. The van der Waals surface area contributed by atoms with Gasteiger partial charge in [0, 0.05) is 67.0 Å². The molecular formula is C36H37N7O5. The third-order valence-electron chi connectivity index (χ3n) is 9.92. The van der Waals surface area contributed by atoms with E-state index in [0.29, 0.717) is 41.8 Å². The Morgan fingerprint density at radius 3 is 2.54 bits per heavy atom. The number of urea groups is 1. The van der Waals surface area contributed by atoms with Gasteiger partial charge in [-0.05, 0) is 74.6 Å². The Labute approximate surface area is 277 Å². The number of pyridine rings is 2. The highest BCUT2D eigenvalue weighted by molar-refractivity contribution is 6.16. The van der Waals surface area contributed by atoms with Crippen LogP contribution in [0.25, 0.3) is 17.1 Å². The SMILES string of the molecule is Cn1cc(C=C2Oc3ccc(NC(=O)Nc4cccnc4)cc3C2=O)c2c(N3CCC(C(=O)N4C5CCCC4COC5)CC3)ccnc21. The van der Waals surface area contributed by atoms with Gasteiger partial charge in [0.25, 0.3) is 0 Å². The minimum atomic E-state index is -0.446. The molecule has 0 aliphatic carbocycles. The summed E-state index contributed by atoms with van der Waals surface area (Å²) in [7, 11) is 1.94. The second-order valence-corrected chi connectivity index (χ2v) is 13.0. The number of allylic oxidation sites excluding steroid dienone is 1. The second kappa shape index (κ2) is 12.4. The van der Waals surface area contributed by atoms with Gasteiger partial charge in [0.1, 0.15) is 11.4 Å². The van der Waals surface area contributed by atoms with Crippen molar-refractivity contribution in [3.63, 3.8) is 0 Å². The number of aromatic nitrogens is 3. The van der Waals surface area contributed by atoms with Crippen molar-refractivity contribution in [1.82, 2.24) is 19.4 Å². The molecule has 7 heterocycles. The maximum atomic E-state index is 13.7. The van der Waals surface area contributed by atoms with Crippen molar-refractivity contribution < 1.29 is 23.9 Å². The van der Waals surface area contributed by atoms with E-state index < -0.39 is 6.03 Å². The zero-order valence-electron chi connectivity index (χ0n) is 26.7. The number of nitrogens with one attached hydrogen (secondary N) is 2. The molecule has 12 heteroatoms. The number of benzene rings is 1. The van der Waals surface area contributed by atoms with E-state index in [-0.39, 0.29) is 29.5 Å². The van der Waals surface area contributed by atoms with E-state index in [2.05, 4.69) is 30.4 Å². The lowest BCUT2D eigenvalue weighted by molar-refractivity contribution is -0.155. The molecule has 2 unspecified atom stereocenters. The maximum Gasteiger partial charge on any atom is 0.323 e. The van der Waals surface area contributed by atoms with Crippen molar-refractivity contribution in [2.45, 2.75) is 44.2 Å². The third-order valence-corrected chi connectivity index (χ3v) is 9.92. The molecule has 3 fully saturated rings. The molecule has 4 aliphatic heterocycles. The van der Waals surface area contributed by atoms with E-state index in [1.165, 1.54) is 6.42 Å². The number of aryl methyl sites for hydroxylation is 1. The molecule has 48 heavy (non-hydrogen) atoms. The molecule has 8 rings (SSSR count). The number of morpholine rings is 1. The first kappa shape index (κ1) is 30.1. The van der Waals surface area contributed by atoms with Gasteiger partial charge in [0.2, 0.25) is 11.7 Å². The molecule has 2 bridgehead atoms. The van der Waals surface area contributed by atoms with Crippen LogP contribution in [-0.4, -0.2) is 75.5 Å². The van der Waals surface area contributed by atoms with Crippen LogP contribution in [0.3, 0.4) is 0 Å². The molecule has 0 radical (unpaired) electrons. The number of carbonyl (C=O) groups is 3. The molecule has 0 saturated carbocycles. The van der Waals surface area contributed by atoms with E-state index >= 15 is 0 Å². The molecule has 4 aliphatic rings. The minimum absolute atomic E-state index is 0.0148. The Kier molecular flexibility index (Phi) is 7.79. The summed E-state index contributed by atoms with van der Waals surface area (Å²) in [4.78, 5) is 52.9. The summed E-state index contributed by atoms with van der Waals surface area (Å²) in [6.07, 6.45) is 13.5. The van der Waals surface area contributed by atoms with E-state index in [4.69, 9.17) is 9.47 Å². The number of hydrogen-bond donors (Lipinski definition) is 2. The molecule has 0 spiro atoms. The Morgan fingerprint density at radius 1 is 0.979 bits per heavy atom. The lowest BCUT2D eigenvalue weighted by Crippen LogP contribution is -2.59. The highest BCUT2D eigenvalue weighted by Gasteiger charge is 2.41. The standard InChI is InChI=1S/C36H37N7O5/c1-41-19-23(16-31-33(44)28-17-24(7-8-30(28)48-31)39-36(46)40-25-4-3-12-37-18-25)32-29(9-13-38-34(32)41)42-14-10-22(11-15-42)35(45)43-26-5-2-6-27(43)21-47-20-26/h3-4,7-9,12-13,16-19,22,26-27H,2,5-6,10-11,14-15,20-21H2,1H3,(H2,39,40,46). The average molecular weight is 648 g/mol. The molecule has 2 atom stereocenters. The molecule has 4 aromatic rings. The number of Topliss-reactive ketones (excluding diaryl/α,β-unsaturated/α-hetero) is 1. The van der Waals surface area contributed by atoms with E-state index in [9.17, 15) is 14.4 Å². The van der Waals surface area contributed by atoms with Gasteiger partial charge in [-0.15, -0.1) is 0 Å². The van der Waals surface area contributed by atoms with Gasteiger partial charge in [-0.2, -0.15) is 0 Å². The summed E-state index contributed by atoms with van der Waals surface area (Å²) >= 11 is 0. The van der Waals surface area contributed by atoms with Crippen LogP contribution in [0.4, 0.5) is 21.9 Å². The molecule has 12 nitrogen and oxygen atoms in total. The lowest BCUT2D eigenvalue weighted by Gasteiger charge is -2.47. The monoisotopic (exact) mass is 647 g/mol. The van der Waals surface area contributed by atoms with Crippen molar-refractivity contribution in [1.29, 1.82) is 0 Å². The van der Waals surface area contributed by atoms with Gasteiger partial charge in [-0.3, -0.25) is 14.6 Å². The average Bonchev–Trinajstić information content (AvgIpc) is 3.59. The summed E-state index contributed by atoms with van der Waals surface area (Å²) in [5.74, 6) is 0.669. The van der Waals surface area contributed by atoms with Gasteiger partial charge in [0.15, 0.2) is 5.76 Å². The van der Waals surface area contributed by atoms with Crippen molar-refractivity contribution >= 4 is 51.9 Å². The van der Waals surface area contributed by atoms with Crippen molar-refractivity contribution in [3.05, 3.63) is 78.1 Å². The largest absolute Gasteiger partial charge is 0.452 e.